The van der Waals surface area contributed by atoms with Crippen LogP contribution < -0.4 is 0 Å². The lowest BCUT2D eigenvalue weighted by Crippen LogP contribution is -2.19. The topological polar surface area (TPSA) is 26.4 Å². The summed E-state index contributed by atoms with van der Waals surface area (Å²) in [6, 6.07) is 3.50. The largest absolute Gasteiger partial charge is 0.318 e. The van der Waals surface area contributed by atoms with Gasteiger partial charge in [0.15, 0.2) is 0 Å². The third-order valence-corrected chi connectivity index (χ3v) is 4.61. The number of thiophene rings is 1. The molecule has 2 rings (SSSR count). The van der Waals surface area contributed by atoms with E-state index in [-0.39, 0.29) is 0 Å². The fourth-order valence-corrected chi connectivity index (χ4v) is 3.55. The highest BCUT2D eigenvalue weighted by molar-refractivity contribution is 7.15. The molecule has 0 aromatic carbocycles. The molecule has 0 unspecified atom stereocenters. The van der Waals surface area contributed by atoms with Gasteiger partial charge in [0, 0.05) is 17.0 Å². The molecule has 0 N–H and O–H groups in total. The molecule has 0 bridgehead atoms. The average Bonchev–Trinajstić information content (AvgIpc) is 2.87. The van der Waals surface area contributed by atoms with Gasteiger partial charge in [0.25, 0.3) is 3.79 Å². The summed E-state index contributed by atoms with van der Waals surface area (Å²) < 4.78 is -0.133. The number of ketones is 1. The van der Waals surface area contributed by atoms with Crippen molar-refractivity contribution in [3.05, 3.63) is 45.4 Å². The standard InChI is InChI=1S/C14H11Cl3N2OS/c1-7-5-10(12(20)14(15,16)17)9(3)19(7)13-11(18-4)6-8(2)21-13/h5-6H,1-3H3. The van der Waals surface area contributed by atoms with Crippen LogP contribution in [-0.4, -0.2) is 14.1 Å². The molecule has 7 heteroatoms. The second-order valence-corrected chi connectivity index (χ2v) is 8.12. The molecule has 0 saturated heterocycles. The van der Waals surface area contributed by atoms with E-state index in [9.17, 15) is 4.79 Å². The molecule has 2 aromatic heterocycles. The van der Waals surface area contributed by atoms with Gasteiger partial charge < -0.3 is 4.57 Å². The Balaban J connectivity index is 2.65. The van der Waals surface area contributed by atoms with E-state index in [4.69, 9.17) is 41.4 Å². The number of aromatic nitrogens is 1. The summed E-state index contributed by atoms with van der Waals surface area (Å²) >= 11 is 18.6. The van der Waals surface area contributed by atoms with E-state index in [1.807, 2.05) is 24.5 Å². The molecule has 0 aliphatic heterocycles. The van der Waals surface area contributed by atoms with Crippen molar-refractivity contribution in [2.75, 3.05) is 0 Å². The normalized spacial score (nSPS) is 11.5. The second kappa shape index (κ2) is 5.66. The van der Waals surface area contributed by atoms with Crippen molar-refractivity contribution in [3.8, 4) is 5.00 Å². The minimum absolute atomic E-state index is 0.356. The van der Waals surface area contributed by atoms with Crippen LogP contribution in [0.1, 0.15) is 26.6 Å². The number of halogens is 3. The number of hydrogen-bond acceptors (Lipinski definition) is 2. The Labute approximate surface area is 141 Å². The molecule has 110 valence electrons. The van der Waals surface area contributed by atoms with Gasteiger partial charge in [-0.15, -0.1) is 11.3 Å². The highest BCUT2D eigenvalue weighted by Crippen LogP contribution is 2.38. The predicted molar refractivity (Wildman–Crippen MR) is 88.7 cm³/mol. The van der Waals surface area contributed by atoms with Crippen LogP contribution in [0.3, 0.4) is 0 Å². The number of carbonyl (C=O) groups excluding carboxylic acids is 1. The number of aryl methyl sites for hydroxylation is 2. The van der Waals surface area contributed by atoms with E-state index < -0.39 is 9.58 Å². The number of nitrogens with zero attached hydrogens (tertiary/aromatic N) is 2. The van der Waals surface area contributed by atoms with Crippen LogP contribution in [0.4, 0.5) is 5.69 Å². The molecule has 2 aromatic rings. The summed E-state index contributed by atoms with van der Waals surface area (Å²) in [4.78, 5) is 16.7. The van der Waals surface area contributed by atoms with Crippen LogP contribution in [0.5, 0.6) is 0 Å². The second-order valence-electron chi connectivity index (χ2n) is 4.61. The first kappa shape index (κ1) is 16.4. The Morgan fingerprint density at radius 1 is 1.29 bits per heavy atom. The first-order chi connectivity index (χ1) is 9.66. The zero-order chi connectivity index (χ0) is 15.9. The summed E-state index contributed by atoms with van der Waals surface area (Å²) in [6.07, 6.45) is 0. The molecule has 3 nitrogen and oxygen atoms in total. The zero-order valence-electron chi connectivity index (χ0n) is 11.5. The molecule has 0 saturated carbocycles. The van der Waals surface area contributed by atoms with Crippen LogP contribution in [0, 0.1) is 27.3 Å². The molecule has 0 amide bonds. The highest BCUT2D eigenvalue weighted by atomic mass is 35.6. The SMILES string of the molecule is [C-]#[N+]c1cc(C)sc1-n1c(C)cc(C(=O)C(Cl)(Cl)Cl)c1C. The van der Waals surface area contributed by atoms with Gasteiger partial charge in [-0.05, 0) is 37.8 Å². The summed E-state index contributed by atoms with van der Waals surface area (Å²) in [7, 11) is 0. The van der Waals surface area contributed by atoms with Crippen LogP contribution in [0.2, 0.25) is 0 Å². The molecular weight excluding hydrogens is 351 g/mol. The summed E-state index contributed by atoms with van der Waals surface area (Å²) in [5.41, 5.74) is 2.38. The fraction of sp³-hybridized carbons (Fsp3) is 0.286. The van der Waals surface area contributed by atoms with E-state index in [1.54, 1.807) is 13.0 Å². The minimum atomic E-state index is -1.99. The number of hydrogen-bond donors (Lipinski definition) is 0. The lowest BCUT2D eigenvalue weighted by atomic mass is 10.2. The fourth-order valence-electron chi connectivity index (χ4n) is 2.19. The minimum Gasteiger partial charge on any atom is -0.318 e. The molecule has 0 aliphatic rings. The number of alkyl halides is 3. The van der Waals surface area contributed by atoms with Gasteiger partial charge in [0.2, 0.25) is 11.5 Å². The Morgan fingerprint density at radius 2 is 1.90 bits per heavy atom. The third-order valence-electron chi connectivity index (χ3n) is 3.07. The van der Waals surface area contributed by atoms with E-state index >= 15 is 0 Å². The molecule has 0 spiro atoms. The number of rotatable bonds is 2. The zero-order valence-corrected chi connectivity index (χ0v) is 14.6. The van der Waals surface area contributed by atoms with E-state index in [0.717, 1.165) is 15.6 Å². The van der Waals surface area contributed by atoms with Crippen LogP contribution >= 0.6 is 46.1 Å². The monoisotopic (exact) mass is 360 g/mol. The smallest absolute Gasteiger partial charge is 0.253 e. The van der Waals surface area contributed by atoms with Gasteiger partial charge in [0.1, 0.15) is 5.00 Å². The van der Waals surface area contributed by atoms with Gasteiger partial charge >= 0.3 is 0 Å². The van der Waals surface area contributed by atoms with Gasteiger partial charge in [-0.3, -0.25) is 4.79 Å². The highest BCUT2D eigenvalue weighted by Gasteiger charge is 2.34. The Morgan fingerprint density at radius 3 is 2.43 bits per heavy atom. The van der Waals surface area contributed by atoms with Gasteiger partial charge in [0.05, 0.1) is 6.57 Å². The molecule has 0 radical (unpaired) electrons. The van der Waals surface area contributed by atoms with Crippen molar-refractivity contribution in [1.82, 2.24) is 4.57 Å². The van der Waals surface area contributed by atoms with Crippen molar-refractivity contribution < 1.29 is 4.79 Å². The maximum absolute atomic E-state index is 12.2. The Hall–Kier alpha value is -0.990. The van der Waals surface area contributed by atoms with Gasteiger partial charge in [-0.25, -0.2) is 4.85 Å². The molecule has 2 heterocycles. The van der Waals surface area contributed by atoms with Crippen molar-refractivity contribution in [1.29, 1.82) is 0 Å². The molecule has 0 atom stereocenters. The third kappa shape index (κ3) is 2.97. The summed E-state index contributed by atoms with van der Waals surface area (Å²) in [5, 5.41) is 0.779. The quantitative estimate of drug-likeness (QED) is 0.390. The van der Waals surface area contributed by atoms with Crippen molar-refractivity contribution in [3.63, 3.8) is 0 Å². The summed E-state index contributed by atoms with van der Waals surface area (Å²) in [5.74, 6) is -0.565. The maximum Gasteiger partial charge on any atom is 0.253 e. The molecule has 0 aliphatic carbocycles. The molecule has 0 fully saturated rings. The van der Waals surface area contributed by atoms with Crippen LogP contribution in [0.15, 0.2) is 12.1 Å². The predicted octanol–water partition coefficient (Wildman–Crippen LogP) is 5.57. The first-order valence-corrected chi connectivity index (χ1v) is 7.90. The lowest BCUT2D eigenvalue weighted by Gasteiger charge is -2.11. The molecular formula is C14H11Cl3N2OS. The van der Waals surface area contributed by atoms with Gasteiger partial charge in [-0.1, -0.05) is 34.8 Å². The van der Waals surface area contributed by atoms with E-state index in [1.165, 1.54) is 11.3 Å². The number of Topliss-reactive ketones (excluding diaryl/α,β-unsaturated/α-hetero) is 1. The first-order valence-electron chi connectivity index (χ1n) is 5.95. The van der Waals surface area contributed by atoms with Gasteiger partial charge in [-0.2, -0.15) is 0 Å². The van der Waals surface area contributed by atoms with Crippen LogP contribution in [-0.2, 0) is 0 Å². The Kier molecular flexibility index (Phi) is 4.41. The van der Waals surface area contributed by atoms with E-state index in [2.05, 4.69) is 4.85 Å². The van der Waals surface area contributed by atoms with Crippen molar-refractivity contribution in [2.24, 2.45) is 0 Å². The Bertz CT molecular complexity index is 763. The van der Waals surface area contributed by atoms with E-state index in [0.29, 0.717) is 16.9 Å². The molecule has 21 heavy (non-hydrogen) atoms. The average molecular weight is 362 g/mol. The van der Waals surface area contributed by atoms with Crippen LogP contribution in [0.25, 0.3) is 9.85 Å². The maximum atomic E-state index is 12.2. The van der Waals surface area contributed by atoms with Crippen molar-refractivity contribution >= 4 is 57.6 Å². The lowest BCUT2D eigenvalue weighted by molar-refractivity contribution is 0.0996. The number of carbonyl (C=O) groups is 1. The summed E-state index contributed by atoms with van der Waals surface area (Å²) in [6.45, 7) is 12.8. The van der Waals surface area contributed by atoms with Crippen molar-refractivity contribution in [2.45, 2.75) is 24.6 Å².